The van der Waals surface area contributed by atoms with Crippen LogP contribution in [0.1, 0.15) is 0 Å². The number of ether oxygens (including phenoxy) is 4. The van der Waals surface area contributed by atoms with Crippen molar-refractivity contribution in [2.75, 3.05) is 27.7 Å². The number of hydrogen-bond acceptors (Lipinski definition) is 8. The fraction of sp³-hybridized carbons (Fsp3) is 0.222. The zero-order chi connectivity index (χ0) is 20.6. The Balaban J connectivity index is 1.85. The molecule has 0 fully saturated rings. The Morgan fingerprint density at radius 3 is 2.69 bits per heavy atom. The second-order valence-corrected chi connectivity index (χ2v) is 7.99. The molecule has 10 nitrogen and oxygen atoms in total. The van der Waals surface area contributed by atoms with Gasteiger partial charge in [-0.2, -0.15) is 0 Å². The number of methoxy groups -OCH3 is 2. The van der Waals surface area contributed by atoms with E-state index in [0.717, 1.165) is 6.66 Å². The number of rotatable bonds is 6. The van der Waals surface area contributed by atoms with E-state index in [1.54, 1.807) is 24.3 Å². The van der Waals surface area contributed by atoms with Gasteiger partial charge >= 0.3 is 7.60 Å². The fourth-order valence-electron chi connectivity index (χ4n) is 2.98. The predicted molar refractivity (Wildman–Crippen MR) is 103 cm³/mol. The monoisotopic (exact) mass is 419 g/mol. The highest BCUT2D eigenvalue weighted by Crippen LogP contribution is 2.47. The van der Waals surface area contributed by atoms with Crippen LogP contribution in [0.5, 0.6) is 28.7 Å². The molecule has 0 saturated heterocycles. The van der Waals surface area contributed by atoms with Gasteiger partial charge in [-0.05, 0) is 24.3 Å². The molecule has 1 aliphatic rings. The molecule has 0 saturated carbocycles. The number of benzene rings is 2. The van der Waals surface area contributed by atoms with Crippen molar-refractivity contribution in [3.8, 4) is 51.3 Å². The van der Waals surface area contributed by atoms with Gasteiger partial charge in [-0.3, -0.25) is 5.10 Å². The first-order chi connectivity index (χ1) is 13.9. The van der Waals surface area contributed by atoms with Crippen LogP contribution < -0.4 is 23.5 Å². The van der Waals surface area contributed by atoms with Gasteiger partial charge in [0.05, 0.1) is 19.9 Å². The topological polar surface area (TPSA) is 125 Å². The number of H-pyrrole nitrogens is 1. The molecule has 0 bridgehead atoms. The first kappa shape index (κ1) is 19.1. The summed E-state index contributed by atoms with van der Waals surface area (Å²) in [6, 6.07) is 8.41. The summed E-state index contributed by atoms with van der Waals surface area (Å²) in [7, 11) is -0.805. The molecule has 0 aliphatic carbocycles. The lowest BCUT2D eigenvalue weighted by Gasteiger charge is -2.14. The SMILES string of the molecule is COc1ccc(-c2[nH]nnc2-c2cc(OC)c3c(c2)OCO3)c(OP(C)(=O)O)c1. The zero-order valence-electron chi connectivity index (χ0n) is 15.8. The molecule has 0 spiro atoms. The molecule has 11 heteroatoms. The molecule has 4 rings (SSSR count). The quantitative estimate of drug-likeness (QED) is 0.580. The molecule has 1 unspecified atom stereocenters. The first-order valence-electron chi connectivity index (χ1n) is 8.47. The Morgan fingerprint density at radius 1 is 1.14 bits per heavy atom. The molecule has 2 aromatic carbocycles. The number of nitrogens with one attached hydrogen (secondary N) is 1. The molecule has 2 N–H and O–H groups in total. The standard InChI is InChI=1S/C18H18N3O7P/c1-24-11-4-5-12(13(8-11)28-29(3,22)23)17-16(19-21-20-17)10-6-14(25-2)18-15(7-10)26-9-27-18/h4-8H,9H2,1-3H3,(H,22,23)(H,19,20,21). The number of aromatic amines is 1. The van der Waals surface area contributed by atoms with Crippen molar-refractivity contribution in [3.05, 3.63) is 30.3 Å². The second-order valence-electron chi connectivity index (χ2n) is 6.20. The Labute approximate surface area is 165 Å². The third kappa shape index (κ3) is 3.72. The van der Waals surface area contributed by atoms with Gasteiger partial charge in [0.15, 0.2) is 11.5 Å². The lowest BCUT2D eigenvalue weighted by molar-refractivity contribution is 0.171. The molecule has 152 valence electrons. The van der Waals surface area contributed by atoms with Gasteiger partial charge in [0.2, 0.25) is 12.5 Å². The van der Waals surface area contributed by atoms with Crippen LogP contribution >= 0.6 is 7.60 Å². The van der Waals surface area contributed by atoms with Crippen LogP contribution in [0.3, 0.4) is 0 Å². The van der Waals surface area contributed by atoms with Gasteiger partial charge in [0, 0.05) is 23.9 Å². The van der Waals surface area contributed by atoms with E-state index < -0.39 is 7.60 Å². The van der Waals surface area contributed by atoms with E-state index in [1.807, 2.05) is 0 Å². The van der Waals surface area contributed by atoms with E-state index in [1.165, 1.54) is 20.3 Å². The lowest BCUT2D eigenvalue weighted by atomic mass is 10.0. The summed E-state index contributed by atoms with van der Waals surface area (Å²) in [4.78, 5) is 9.72. The molecule has 3 aromatic rings. The Morgan fingerprint density at radius 2 is 1.97 bits per heavy atom. The van der Waals surface area contributed by atoms with E-state index in [-0.39, 0.29) is 12.5 Å². The Hall–Kier alpha value is -3.23. The van der Waals surface area contributed by atoms with E-state index in [2.05, 4.69) is 15.4 Å². The minimum atomic E-state index is -3.82. The predicted octanol–water partition coefficient (Wildman–Crippen LogP) is 3.08. The highest BCUT2D eigenvalue weighted by atomic mass is 31.2. The summed E-state index contributed by atoms with van der Waals surface area (Å²) < 4.78 is 38.7. The number of nitrogens with zero attached hydrogens (tertiary/aromatic N) is 2. The van der Waals surface area contributed by atoms with Crippen LogP contribution in [0.2, 0.25) is 0 Å². The van der Waals surface area contributed by atoms with Gasteiger partial charge in [-0.1, -0.05) is 5.21 Å². The highest BCUT2D eigenvalue weighted by Gasteiger charge is 2.25. The summed E-state index contributed by atoms with van der Waals surface area (Å²) in [5.41, 5.74) is 2.09. The summed E-state index contributed by atoms with van der Waals surface area (Å²) in [6.07, 6.45) is 0. The average molecular weight is 419 g/mol. The summed E-state index contributed by atoms with van der Waals surface area (Å²) in [5, 5.41) is 10.9. The number of hydrogen-bond donors (Lipinski definition) is 2. The first-order valence-corrected chi connectivity index (χ1v) is 10.5. The lowest BCUT2D eigenvalue weighted by Crippen LogP contribution is -1.95. The van der Waals surface area contributed by atoms with E-state index >= 15 is 0 Å². The van der Waals surface area contributed by atoms with Gasteiger partial charge < -0.3 is 28.4 Å². The van der Waals surface area contributed by atoms with Gasteiger partial charge in [-0.15, -0.1) is 5.10 Å². The number of aromatic nitrogens is 3. The normalized spacial score (nSPS) is 14.3. The molecule has 2 heterocycles. The minimum absolute atomic E-state index is 0.0968. The second kappa shape index (κ2) is 7.31. The molecule has 1 aromatic heterocycles. The van der Waals surface area contributed by atoms with E-state index in [0.29, 0.717) is 45.5 Å². The molecular weight excluding hydrogens is 401 g/mol. The maximum absolute atomic E-state index is 11.9. The smallest absolute Gasteiger partial charge is 0.373 e. The molecular formula is C18H18N3O7P. The van der Waals surface area contributed by atoms with Gasteiger partial charge in [0.1, 0.15) is 17.2 Å². The van der Waals surface area contributed by atoms with Crippen LogP contribution in [-0.4, -0.2) is 48.0 Å². The van der Waals surface area contributed by atoms with Gasteiger partial charge in [0.25, 0.3) is 0 Å². The van der Waals surface area contributed by atoms with Crippen molar-refractivity contribution in [2.24, 2.45) is 0 Å². The van der Waals surface area contributed by atoms with Crippen molar-refractivity contribution in [1.82, 2.24) is 15.4 Å². The highest BCUT2D eigenvalue weighted by molar-refractivity contribution is 7.52. The van der Waals surface area contributed by atoms with E-state index in [4.69, 9.17) is 23.5 Å². The third-order valence-corrected chi connectivity index (χ3v) is 4.74. The van der Waals surface area contributed by atoms with Crippen LogP contribution in [0.15, 0.2) is 30.3 Å². The Kier molecular flexibility index (Phi) is 4.81. The van der Waals surface area contributed by atoms with Crippen LogP contribution in [0.4, 0.5) is 0 Å². The third-order valence-electron chi connectivity index (χ3n) is 4.21. The van der Waals surface area contributed by atoms with Crippen molar-refractivity contribution < 1.29 is 32.9 Å². The van der Waals surface area contributed by atoms with Gasteiger partial charge in [-0.25, -0.2) is 4.57 Å². The van der Waals surface area contributed by atoms with Crippen LogP contribution in [0.25, 0.3) is 22.5 Å². The zero-order valence-corrected chi connectivity index (χ0v) is 16.7. The minimum Gasteiger partial charge on any atom is -0.497 e. The molecule has 1 aliphatic heterocycles. The number of fused-ring (bicyclic) bond motifs is 1. The summed E-state index contributed by atoms with van der Waals surface area (Å²) in [5.74, 6) is 2.15. The molecule has 0 amide bonds. The van der Waals surface area contributed by atoms with Crippen molar-refractivity contribution in [1.29, 1.82) is 0 Å². The fourth-order valence-corrected chi connectivity index (χ4v) is 3.49. The summed E-state index contributed by atoms with van der Waals surface area (Å²) in [6.45, 7) is 1.20. The average Bonchev–Trinajstić information content (AvgIpc) is 3.35. The molecule has 29 heavy (non-hydrogen) atoms. The maximum atomic E-state index is 11.9. The molecule has 0 radical (unpaired) electrons. The van der Waals surface area contributed by atoms with Crippen molar-refractivity contribution in [3.63, 3.8) is 0 Å². The van der Waals surface area contributed by atoms with Crippen molar-refractivity contribution >= 4 is 7.60 Å². The largest absolute Gasteiger partial charge is 0.497 e. The van der Waals surface area contributed by atoms with Crippen LogP contribution in [0, 0.1) is 0 Å². The van der Waals surface area contributed by atoms with Crippen LogP contribution in [-0.2, 0) is 4.57 Å². The Bertz CT molecular complexity index is 1110. The van der Waals surface area contributed by atoms with E-state index in [9.17, 15) is 9.46 Å². The maximum Gasteiger partial charge on any atom is 0.373 e. The molecule has 1 atom stereocenters. The van der Waals surface area contributed by atoms with Crippen molar-refractivity contribution in [2.45, 2.75) is 0 Å². The summed E-state index contributed by atoms with van der Waals surface area (Å²) >= 11 is 0.